The quantitative estimate of drug-likeness (QED) is 0.705. The van der Waals surface area contributed by atoms with Gasteiger partial charge in [0.2, 0.25) is 0 Å². The van der Waals surface area contributed by atoms with Crippen LogP contribution in [0.2, 0.25) is 0 Å². The van der Waals surface area contributed by atoms with E-state index in [-0.39, 0.29) is 0 Å². The highest BCUT2D eigenvalue weighted by Crippen LogP contribution is 2.27. The lowest BCUT2D eigenvalue weighted by atomic mass is 9.96. The summed E-state index contributed by atoms with van der Waals surface area (Å²) in [7, 11) is 0. The minimum atomic E-state index is -2.72. The van der Waals surface area contributed by atoms with Gasteiger partial charge < -0.3 is 4.90 Å². The van der Waals surface area contributed by atoms with Crippen LogP contribution in [0.1, 0.15) is 25.0 Å². The molecule has 1 fully saturated rings. The maximum absolute atomic E-state index is 12.6. The molecule has 3 heterocycles. The van der Waals surface area contributed by atoms with Gasteiger partial charge in [-0.3, -0.25) is 9.36 Å². The van der Waals surface area contributed by atoms with Gasteiger partial charge in [0.25, 0.3) is 12.0 Å². The second-order valence-electron chi connectivity index (χ2n) is 6.75. The molecule has 0 radical (unpaired) electrons. The highest BCUT2D eigenvalue weighted by Gasteiger charge is 2.22. The molecule has 0 bridgehead atoms. The second-order valence-corrected chi connectivity index (χ2v) is 6.75. The third kappa shape index (κ3) is 3.65. The number of hydrogen-bond acceptors (Lipinski definition) is 5. The molecule has 0 N–H and O–H groups in total. The van der Waals surface area contributed by atoms with Crippen molar-refractivity contribution in [3.05, 3.63) is 59.0 Å². The van der Waals surface area contributed by atoms with Gasteiger partial charge in [-0.1, -0.05) is 12.1 Å². The molecule has 0 atom stereocenters. The van der Waals surface area contributed by atoms with E-state index in [0.29, 0.717) is 12.5 Å². The standard InChI is InChI=1S/C19H19F2N5O/c20-18(21)16-9-17(27)26(12-24-16)10-13-5-7-25(8-6-13)19-14-3-1-2-4-15(14)22-11-23-19/h1-4,9,11-13,18H,5-8,10H2. The van der Waals surface area contributed by atoms with Crippen LogP contribution < -0.4 is 10.5 Å². The van der Waals surface area contributed by atoms with Gasteiger partial charge in [0, 0.05) is 31.1 Å². The Bertz CT molecular complexity index is 993. The molecule has 1 saturated heterocycles. The minimum Gasteiger partial charge on any atom is -0.356 e. The minimum absolute atomic E-state index is 0.297. The molecule has 0 aliphatic carbocycles. The van der Waals surface area contributed by atoms with Crippen molar-refractivity contribution >= 4 is 16.7 Å². The van der Waals surface area contributed by atoms with Crippen molar-refractivity contribution in [3.8, 4) is 0 Å². The van der Waals surface area contributed by atoms with Gasteiger partial charge in [-0.2, -0.15) is 0 Å². The number of halogens is 2. The molecule has 6 nitrogen and oxygen atoms in total. The van der Waals surface area contributed by atoms with Crippen molar-refractivity contribution in [2.75, 3.05) is 18.0 Å². The Morgan fingerprint density at radius 1 is 1.11 bits per heavy atom. The number of para-hydroxylation sites is 1. The third-order valence-corrected chi connectivity index (χ3v) is 5.01. The van der Waals surface area contributed by atoms with E-state index in [2.05, 4.69) is 19.9 Å². The van der Waals surface area contributed by atoms with Gasteiger partial charge in [-0.15, -0.1) is 0 Å². The number of fused-ring (bicyclic) bond motifs is 1. The SMILES string of the molecule is O=c1cc(C(F)F)ncn1CC1CCN(c2ncnc3ccccc23)CC1. The van der Waals surface area contributed by atoms with Gasteiger partial charge in [0.05, 0.1) is 11.8 Å². The summed E-state index contributed by atoms with van der Waals surface area (Å²) in [5.74, 6) is 1.23. The predicted octanol–water partition coefficient (Wildman–Crippen LogP) is 3.04. The Balaban J connectivity index is 1.44. The number of piperidine rings is 1. The summed E-state index contributed by atoms with van der Waals surface area (Å²) in [5, 5.41) is 1.03. The fraction of sp³-hybridized carbons (Fsp3) is 0.368. The van der Waals surface area contributed by atoms with Crippen molar-refractivity contribution in [3.63, 3.8) is 0 Å². The van der Waals surface area contributed by atoms with Crippen LogP contribution in [0.25, 0.3) is 10.9 Å². The van der Waals surface area contributed by atoms with Crippen molar-refractivity contribution in [2.24, 2.45) is 5.92 Å². The molecule has 8 heteroatoms. The lowest BCUT2D eigenvalue weighted by Crippen LogP contribution is -2.37. The third-order valence-electron chi connectivity index (χ3n) is 5.01. The number of anilines is 1. The fourth-order valence-electron chi connectivity index (χ4n) is 3.54. The number of benzene rings is 1. The van der Waals surface area contributed by atoms with Crippen LogP contribution in [-0.4, -0.2) is 32.6 Å². The first-order valence-electron chi connectivity index (χ1n) is 8.91. The molecular weight excluding hydrogens is 352 g/mol. The topological polar surface area (TPSA) is 63.9 Å². The Morgan fingerprint density at radius 2 is 1.89 bits per heavy atom. The van der Waals surface area contributed by atoms with Gasteiger partial charge >= 0.3 is 0 Å². The van der Waals surface area contributed by atoms with Crippen molar-refractivity contribution < 1.29 is 8.78 Å². The monoisotopic (exact) mass is 371 g/mol. The molecular formula is C19H19F2N5O. The van der Waals surface area contributed by atoms with Crippen LogP contribution in [0.15, 0.2) is 47.8 Å². The molecule has 140 valence electrons. The molecule has 1 aromatic carbocycles. The number of aromatic nitrogens is 4. The first kappa shape index (κ1) is 17.5. The summed E-state index contributed by atoms with van der Waals surface area (Å²) in [6, 6.07) is 8.84. The molecule has 27 heavy (non-hydrogen) atoms. The second kappa shape index (κ2) is 7.38. The summed E-state index contributed by atoms with van der Waals surface area (Å²) < 4.78 is 26.7. The van der Waals surface area contributed by atoms with E-state index in [1.165, 1.54) is 10.9 Å². The normalized spacial score (nSPS) is 15.6. The molecule has 1 aliphatic rings. The molecule has 1 aliphatic heterocycles. The molecule has 0 unspecified atom stereocenters. The number of nitrogens with zero attached hydrogens (tertiary/aromatic N) is 5. The van der Waals surface area contributed by atoms with Crippen LogP contribution in [0.5, 0.6) is 0 Å². The van der Waals surface area contributed by atoms with Gasteiger partial charge in [-0.25, -0.2) is 23.7 Å². The lowest BCUT2D eigenvalue weighted by molar-refractivity contribution is 0.145. The Morgan fingerprint density at radius 3 is 2.63 bits per heavy atom. The van der Waals surface area contributed by atoms with Crippen molar-refractivity contribution in [2.45, 2.75) is 25.8 Å². The highest BCUT2D eigenvalue weighted by atomic mass is 19.3. The molecule has 4 rings (SSSR count). The number of alkyl halides is 2. The van der Waals surface area contributed by atoms with Crippen molar-refractivity contribution in [1.29, 1.82) is 0 Å². The maximum atomic E-state index is 12.6. The average molecular weight is 371 g/mol. The van der Waals surface area contributed by atoms with E-state index < -0.39 is 17.7 Å². The summed E-state index contributed by atoms with van der Waals surface area (Å²) in [6.07, 6.45) is 1.87. The van der Waals surface area contributed by atoms with E-state index >= 15 is 0 Å². The van der Waals surface area contributed by atoms with Gasteiger partial charge in [0.15, 0.2) is 0 Å². The van der Waals surface area contributed by atoms with Gasteiger partial charge in [-0.05, 0) is 30.9 Å². The Labute approximate surface area is 154 Å². The van der Waals surface area contributed by atoms with E-state index in [4.69, 9.17) is 0 Å². The van der Waals surface area contributed by atoms with E-state index in [1.807, 2.05) is 24.3 Å². The fourth-order valence-corrected chi connectivity index (χ4v) is 3.54. The van der Waals surface area contributed by atoms with Crippen molar-refractivity contribution in [1.82, 2.24) is 19.5 Å². The largest absolute Gasteiger partial charge is 0.356 e. The lowest BCUT2D eigenvalue weighted by Gasteiger charge is -2.33. The van der Waals surface area contributed by atoms with Gasteiger partial charge in [0.1, 0.15) is 17.8 Å². The molecule has 2 aromatic heterocycles. The maximum Gasteiger partial charge on any atom is 0.280 e. The first-order valence-corrected chi connectivity index (χ1v) is 8.91. The summed E-state index contributed by atoms with van der Waals surface area (Å²) in [4.78, 5) is 26.7. The zero-order chi connectivity index (χ0) is 18.8. The average Bonchev–Trinajstić information content (AvgIpc) is 2.69. The van der Waals surface area contributed by atoms with E-state index in [9.17, 15) is 13.6 Å². The summed E-state index contributed by atoms with van der Waals surface area (Å²) in [5.41, 5.74) is 0.0209. The number of rotatable bonds is 4. The predicted molar refractivity (Wildman–Crippen MR) is 97.9 cm³/mol. The molecule has 0 saturated carbocycles. The summed E-state index contributed by atoms with van der Waals surface area (Å²) >= 11 is 0. The zero-order valence-electron chi connectivity index (χ0n) is 14.6. The number of hydrogen-bond donors (Lipinski definition) is 0. The van der Waals surface area contributed by atoms with Crippen LogP contribution in [-0.2, 0) is 6.54 Å². The molecule has 0 amide bonds. The molecule has 3 aromatic rings. The highest BCUT2D eigenvalue weighted by molar-refractivity contribution is 5.89. The van der Waals surface area contributed by atoms with E-state index in [1.54, 1.807) is 6.33 Å². The Hall–Kier alpha value is -2.90. The van der Waals surface area contributed by atoms with Crippen LogP contribution in [0, 0.1) is 5.92 Å². The van der Waals surface area contributed by atoms with Crippen LogP contribution >= 0.6 is 0 Å². The smallest absolute Gasteiger partial charge is 0.280 e. The first-order chi connectivity index (χ1) is 13.1. The van der Waals surface area contributed by atoms with E-state index in [0.717, 1.165) is 48.7 Å². The molecule has 0 spiro atoms. The van der Waals surface area contributed by atoms with Crippen LogP contribution in [0.4, 0.5) is 14.6 Å². The zero-order valence-corrected chi connectivity index (χ0v) is 14.6. The summed E-state index contributed by atoms with van der Waals surface area (Å²) in [6.45, 7) is 2.14. The Kier molecular flexibility index (Phi) is 4.79. The van der Waals surface area contributed by atoms with Crippen LogP contribution in [0.3, 0.4) is 0 Å².